The number of hydrogen-bond donors (Lipinski definition) is 1. The van der Waals surface area contributed by atoms with Crippen molar-refractivity contribution in [3.05, 3.63) is 59.2 Å². The average Bonchev–Trinajstić information content (AvgIpc) is 3.16. The summed E-state index contributed by atoms with van der Waals surface area (Å²) < 4.78 is 29.6. The molecule has 1 aromatic heterocycles. The van der Waals surface area contributed by atoms with Crippen molar-refractivity contribution in [3.63, 3.8) is 0 Å². The van der Waals surface area contributed by atoms with Crippen molar-refractivity contribution in [3.8, 4) is 0 Å². The summed E-state index contributed by atoms with van der Waals surface area (Å²) >= 11 is 3.34. The zero-order chi connectivity index (χ0) is 18.1. The van der Waals surface area contributed by atoms with Crippen molar-refractivity contribution in [2.45, 2.75) is 17.7 Å². The van der Waals surface area contributed by atoms with Crippen LogP contribution in [0.4, 0.5) is 11.4 Å². The van der Waals surface area contributed by atoms with Crippen LogP contribution in [0.5, 0.6) is 0 Å². The maximum atomic E-state index is 13.0. The lowest BCUT2D eigenvalue weighted by Gasteiger charge is -2.23. The van der Waals surface area contributed by atoms with E-state index in [1.54, 1.807) is 30.5 Å². The average molecular weight is 432 g/mol. The van der Waals surface area contributed by atoms with Gasteiger partial charge in [-0.2, -0.15) is 0 Å². The van der Waals surface area contributed by atoms with Crippen LogP contribution in [0.3, 0.4) is 0 Å². The van der Waals surface area contributed by atoms with Gasteiger partial charge < -0.3 is 4.90 Å². The fourth-order valence-electron chi connectivity index (χ4n) is 3.28. The number of aromatic nitrogens is 1. The van der Waals surface area contributed by atoms with Gasteiger partial charge in [0.15, 0.2) is 0 Å². The van der Waals surface area contributed by atoms with E-state index in [2.05, 4.69) is 30.5 Å². The summed E-state index contributed by atoms with van der Waals surface area (Å²) in [5.74, 6) is 0. The number of halogens is 1. The molecule has 26 heavy (non-hydrogen) atoms. The van der Waals surface area contributed by atoms with Gasteiger partial charge in [0.1, 0.15) is 0 Å². The molecule has 0 bridgehead atoms. The smallest absolute Gasteiger partial charge is 0.261 e. The van der Waals surface area contributed by atoms with E-state index in [-0.39, 0.29) is 4.90 Å². The predicted molar refractivity (Wildman–Crippen MR) is 108 cm³/mol. The third-order valence-electron chi connectivity index (χ3n) is 4.57. The van der Waals surface area contributed by atoms with Gasteiger partial charge in [-0.15, -0.1) is 0 Å². The number of sulfonamides is 1. The molecule has 1 saturated heterocycles. The van der Waals surface area contributed by atoms with Crippen LogP contribution in [0.15, 0.2) is 64.1 Å². The first-order valence-corrected chi connectivity index (χ1v) is 10.7. The first-order valence-electron chi connectivity index (χ1n) is 8.46. The zero-order valence-corrected chi connectivity index (χ0v) is 16.4. The highest BCUT2D eigenvalue weighted by Crippen LogP contribution is 2.36. The molecule has 1 fully saturated rings. The number of rotatable bonds is 4. The lowest BCUT2D eigenvalue weighted by molar-refractivity contribution is 0.601. The van der Waals surface area contributed by atoms with Gasteiger partial charge in [-0.05, 0) is 61.4 Å². The molecule has 5 nitrogen and oxygen atoms in total. The summed E-state index contributed by atoms with van der Waals surface area (Å²) in [7, 11) is -3.70. The molecule has 1 aliphatic rings. The fourth-order valence-corrected chi connectivity index (χ4v) is 4.64. The Labute approximate surface area is 161 Å². The number of hydrogen-bond acceptors (Lipinski definition) is 4. The van der Waals surface area contributed by atoms with E-state index in [0.29, 0.717) is 5.69 Å². The summed E-state index contributed by atoms with van der Waals surface area (Å²) in [6.45, 7) is 1.86. The quantitative estimate of drug-likeness (QED) is 0.664. The van der Waals surface area contributed by atoms with E-state index in [0.717, 1.165) is 47.0 Å². The van der Waals surface area contributed by atoms with Gasteiger partial charge in [0.25, 0.3) is 10.0 Å². The van der Waals surface area contributed by atoms with Gasteiger partial charge in [0.05, 0.1) is 21.8 Å². The zero-order valence-electron chi connectivity index (χ0n) is 14.0. The highest BCUT2D eigenvalue weighted by atomic mass is 79.9. The van der Waals surface area contributed by atoms with E-state index >= 15 is 0 Å². The van der Waals surface area contributed by atoms with Crippen molar-refractivity contribution in [1.29, 1.82) is 0 Å². The van der Waals surface area contributed by atoms with Crippen molar-refractivity contribution >= 4 is 48.2 Å². The summed E-state index contributed by atoms with van der Waals surface area (Å²) in [5.41, 5.74) is 2.27. The van der Waals surface area contributed by atoms with Crippen molar-refractivity contribution in [2.24, 2.45) is 0 Å². The van der Waals surface area contributed by atoms with Crippen molar-refractivity contribution < 1.29 is 8.42 Å². The van der Waals surface area contributed by atoms with E-state index < -0.39 is 10.0 Å². The number of nitrogens with one attached hydrogen (secondary N) is 1. The SMILES string of the molecule is O=S(=O)(Nc1c(N2CCCC2)ccc2ncccc12)c1ccc(Br)cc1. The Bertz CT molecular complexity index is 1050. The summed E-state index contributed by atoms with van der Waals surface area (Å²) in [5, 5.41) is 0.803. The minimum absolute atomic E-state index is 0.231. The van der Waals surface area contributed by atoms with Crippen LogP contribution < -0.4 is 9.62 Å². The number of benzene rings is 2. The van der Waals surface area contributed by atoms with Gasteiger partial charge in [-0.1, -0.05) is 15.9 Å². The molecule has 0 amide bonds. The van der Waals surface area contributed by atoms with Gasteiger partial charge in [0.2, 0.25) is 0 Å². The molecule has 0 atom stereocenters. The second-order valence-corrected chi connectivity index (χ2v) is 8.88. The summed E-state index contributed by atoms with van der Waals surface area (Å²) in [6, 6.07) is 14.3. The molecule has 1 N–H and O–H groups in total. The standard InChI is InChI=1S/C19H18BrN3O2S/c20-14-5-7-15(8-6-14)26(24,25)22-19-16-4-3-11-21-17(16)9-10-18(19)23-12-1-2-13-23/h3-11,22H,1-2,12-13H2. The van der Waals surface area contributed by atoms with Gasteiger partial charge in [-0.3, -0.25) is 9.71 Å². The molecule has 7 heteroatoms. The Hall–Kier alpha value is -2.12. The maximum Gasteiger partial charge on any atom is 0.261 e. The second kappa shape index (κ2) is 6.89. The molecule has 2 aromatic carbocycles. The van der Waals surface area contributed by atoms with Crippen LogP contribution in [0.1, 0.15) is 12.8 Å². The summed E-state index contributed by atoms with van der Waals surface area (Å²) in [4.78, 5) is 6.82. The van der Waals surface area contributed by atoms with Gasteiger partial charge in [-0.25, -0.2) is 8.42 Å². The molecular formula is C19H18BrN3O2S. The number of fused-ring (bicyclic) bond motifs is 1. The largest absolute Gasteiger partial charge is 0.370 e. The molecule has 0 aliphatic carbocycles. The Balaban J connectivity index is 1.83. The fraction of sp³-hybridized carbons (Fsp3) is 0.211. The molecule has 0 radical (unpaired) electrons. The first-order chi connectivity index (χ1) is 12.5. The Morgan fingerprint density at radius 1 is 1.00 bits per heavy atom. The Kier molecular flexibility index (Phi) is 4.58. The molecular weight excluding hydrogens is 414 g/mol. The molecule has 0 unspecified atom stereocenters. The second-order valence-electron chi connectivity index (χ2n) is 6.28. The highest BCUT2D eigenvalue weighted by Gasteiger charge is 2.22. The van der Waals surface area contributed by atoms with Crippen LogP contribution >= 0.6 is 15.9 Å². The summed E-state index contributed by atoms with van der Waals surface area (Å²) in [6.07, 6.45) is 3.94. The highest BCUT2D eigenvalue weighted by molar-refractivity contribution is 9.10. The number of nitrogens with zero attached hydrogens (tertiary/aromatic N) is 2. The normalized spacial score (nSPS) is 14.7. The predicted octanol–water partition coefficient (Wildman–Crippen LogP) is 4.40. The monoisotopic (exact) mass is 431 g/mol. The minimum atomic E-state index is -3.70. The molecule has 2 heterocycles. The van der Waals surface area contributed by atoms with Crippen LogP contribution in [0.2, 0.25) is 0 Å². The molecule has 1 aliphatic heterocycles. The van der Waals surface area contributed by atoms with Crippen LogP contribution in [0, 0.1) is 0 Å². The van der Waals surface area contributed by atoms with E-state index in [1.807, 2.05) is 24.3 Å². The molecule has 0 spiro atoms. The van der Waals surface area contributed by atoms with Gasteiger partial charge in [0, 0.05) is 29.1 Å². The van der Waals surface area contributed by atoms with E-state index in [4.69, 9.17) is 0 Å². The molecule has 0 saturated carbocycles. The van der Waals surface area contributed by atoms with Gasteiger partial charge >= 0.3 is 0 Å². The van der Waals surface area contributed by atoms with Crippen molar-refractivity contribution in [2.75, 3.05) is 22.7 Å². The molecule has 3 aromatic rings. The lowest BCUT2D eigenvalue weighted by Crippen LogP contribution is -2.21. The third-order valence-corrected chi connectivity index (χ3v) is 6.46. The Morgan fingerprint density at radius 3 is 2.46 bits per heavy atom. The maximum absolute atomic E-state index is 13.0. The van der Waals surface area contributed by atoms with Crippen LogP contribution in [0.25, 0.3) is 10.9 Å². The number of pyridine rings is 1. The van der Waals surface area contributed by atoms with E-state index in [9.17, 15) is 8.42 Å². The third kappa shape index (κ3) is 3.29. The van der Waals surface area contributed by atoms with E-state index in [1.165, 1.54) is 0 Å². The lowest BCUT2D eigenvalue weighted by atomic mass is 10.1. The Morgan fingerprint density at radius 2 is 1.73 bits per heavy atom. The van der Waals surface area contributed by atoms with Crippen LogP contribution in [-0.2, 0) is 10.0 Å². The molecule has 134 valence electrons. The van der Waals surface area contributed by atoms with Crippen molar-refractivity contribution in [1.82, 2.24) is 4.98 Å². The first kappa shape index (κ1) is 17.3. The topological polar surface area (TPSA) is 62.3 Å². The number of anilines is 2. The minimum Gasteiger partial charge on any atom is -0.370 e. The molecule has 4 rings (SSSR count). The van der Waals surface area contributed by atoms with Crippen LogP contribution in [-0.4, -0.2) is 26.5 Å².